The molecule has 0 N–H and O–H groups in total. The number of anilines is 2. The lowest BCUT2D eigenvalue weighted by Crippen LogP contribution is -2.13. The zero-order valence-electron chi connectivity index (χ0n) is 23.9. The number of rotatable bonds is 6. The minimum atomic E-state index is 0.576. The molecule has 0 bridgehead atoms. The summed E-state index contributed by atoms with van der Waals surface area (Å²) in [5, 5.41) is 5.42. The number of para-hydroxylation sites is 2. The van der Waals surface area contributed by atoms with Crippen molar-refractivity contribution in [1.29, 1.82) is 0 Å². The van der Waals surface area contributed by atoms with Crippen molar-refractivity contribution < 1.29 is 4.42 Å². The summed E-state index contributed by atoms with van der Waals surface area (Å²) >= 11 is 0. The Morgan fingerprint density at radius 2 is 1.34 bits per heavy atom. The molecule has 0 saturated heterocycles. The number of hydrogen-bond acceptors (Lipinski definition) is 4. The van der Waals surface area contributed by atoms with E-state index < -0.39 is 0 Å². The zero-order chi connectivity index (χ0) is 29.5. The second kappa shape index (κ2) is 10.7. The van der Waals surface area contributed by atoms with Gasteiger partial charge in [-0.1, -0.05) is 110 Å². The molecule has 2 heterocycles. The normalized spacial score (nSPS) is 11.6. The van der Waals surface area contributed by atoms with E-state index in [9.17, 15) is 0 Å². The Hall–Kier alpha value is -6.00. The fourth-order valence-corrected chi connectivity index (χ4v) is 5.95. The van der Waals surface area contributed by atoms with Crippen LogP contribution in [-0.4, -0.2) is 9.97 Å². The molecule has 4 nitrogen and oxygen atoms in total. The van der Waals surface area contributed by atoms with Crippen LogP contribution in [0, 0.1) is 0 Å². The molecule has 4 heteroatoms. The topological polar surface area (TPSA) is 42.2 Å². The summed E-state index contributed by atoms with van der Waals surface area (Å²) < 4.78 is 6.42. The molecular weight excluding hydrogens is 538 g/mol. The van der Waals surface area contributed by atoms with Crippen molar-refractivity contribution in [3.05, 3.63) is 157 Å². The van der Waals surface area contributed by atoms with Crippen molar-refractivity contribution in [3.8, 4) is 11.3 Å². The van der Waals surface area contributed by atoms with Gasteiger partial charge in [0.15, 0.2) is 0 Å². The van der Waals surface area contributed by atoms with Gasteiger partial charge in [0.05, 0.1) is 11.2 Å². The number of fused-ring (bicyclic) bond motifs is 5. The van der Waals surface area contributed by atoms with Crippen molar-refractivity contribution in [2.75, 3.05) is 4.90 Å². The summed E-state index contributed by atoms with van der Waals surface area (Å²) in [5.74, 6) is 0.576. The summed E-state index contributed by atoms with van der Waals surface area (Å²) in [4.78, 5) is 12.4. The van der Waals surface area contributed by atoms with Gasteiger partial charge >= 0.3 is 0 Å². The van der Waals surface area contributed by atoms with Gasteiger partial charge in [0, 0.05) is 33.6 Å². The van der Waals surface area contributed by atoms with Crippen LogP contribution in [0.2, 0.25) is 0 Å². The second-order valence-corrected chi connectivity index (χ2v) is 10.7. The van der Waals surface area contributed by atoms with Crippen LogP contribution in [0.15, 0.2) is 151 Å². The molecule has 6 aromatic carbocycles. The molecule has 0 amide bonds. The van der Waals surface area contributed by atoms with Gasteiger partial charge in [-0.3, -0.25) is 4.90 Å². The predicted molar refractivity (Wildman–Crippen MR) is 184 cm³/mol. The first-order chi connectivity index (χ1) is 21.8. The van der Waals surface area contributed by atoms with E-state index in [-0.39, 0.29) is 0 Å². The van der Waals surface area contributed by atoms with E-state index in [4.69, 9.17) is 14.4 Å². The maximum Gasteiger partial charge on any atom is 0.235 e. The molecule has 0 aliphatic rings. The van der Waals surface area contributed by atoms with Crippen LogP contribution in [0.3, 0.4) is 0 Å². The lowest BCUT2D eigenvalue weighted by molar-refractivity contribution is 0.669. The Labute approximate surface area is 254 Å². The van der Waals surface area contributed by atoms with Gasteiger partial charge in [-0.25, -0.2) is 9.97 Å². The molecule has 0 atom stereocenters. The lowest BCUT2D eigenvalue weighted by atomic mass is 9.99. The van der Waals surface area contributed by atoms with Crippen molar-refractivity contribution in [3.63, 3.8) is 0 Å². The third-order valence-electron chi connectivity index (χ3n) is 8.08. The van der Waals surface area contributed by atoms with E-state index in [0.717, 1.165) is 66.3 Å². The van der Waals surface area contributed by atoms with Crippen LogP contribution in [0.25, 0.3) is 67.0 Å². The standard InChI is InChI=1S/C40H27N3O/c1-2-27-13-6-7-14-28(27)23-24-43(31-17-4-3-5-18-31)40-41-35-21-11-10-19-32(35)39(42-40)33-20-12-22-36-38(33)34-25-29-15-8-9-16-30(29)26-37(34)44-36/h2-26H,1H2/b24-23+. The Balaban J connectivity index is 1.38. The quantitative estimate of drug-likeness (QED) is 0.201. The molecule has 208 valence electrons. The summed E-state index contributed by atoms with van der Waals surface area (Å²) in [5.41, 5.74) is 7.49. The lowest BCUT2D eigenvalue weighted by Gasteiger charge is -2.20. The van der Waals surface area contributed by atoms with Gasteiger partial charge in [0.1, 0.15) is 11.2 Å². The molecular formula is C40H27N3O. The molecule has 0 aliphatic heterocycles. The van der Waals surface area contributed by atoms with E-state index in [1.165, 1.54) is 5.39 Å². The van der Waals surface area contributed by atoms with Gasteiger partial charge < -0.3 is 4.42 Å². The number of nitrogens with zero attached hydrogens (tertiary/aromatic N) is 3. The predicted octanol–water partition coefficient (Wildman–Crippen LogP) is 10.8. The van der Waals surface area contributed by atoms with Crippen LogP contribution in [0.1, 0.15) is 11.1 Å². The fraction of sp³-hybridized carbons (Fsp3) is 0. The van der Waals surface area contributed by atoms with Crippen LogP contribution >= 0.6 is 0 Å². The highest BCUT2D eigenvalue weighted by atomic mass is 16.3. The van der Waals surface area contributed by atoms with Crippen LogP contribution in [-0.2, 0) is 0 Å². The van der Waals surface area contributed by atoms with Crippen molar-refractivity contribution in [1.82, 2.24) is 9.97 Å². The summed E-state index contributed by atoms with van der Waals surface area (Å²) in [6.07, 6.45) is 5.99. The molecule has 0 spiro atoms. The SMILES string of the molecule is C=Cc1ccccc1/C=C/N(c1ccccc1)c1nc(-c2cccc3oc4cc5ccccc5cc4c23)c2ccccc2n1. The maximum atomic E-state index is 6.42. The monoisotopic (exact) mass is 565 g/mol. The highest BCUT2D eigenvalue weighted by Gasteiger charge is 2.19. The first-order valence-corrected chi connectivity index (χ1v) is 14.6. The Bertz CT molecular complexity index is 2370. The van der Waals surface area contributed by atoms with Gasteiger partial charge in [0.25, 0.3) is 0 Å². The average molecular weight is 566 g/mol. The first-order valence-electron chi connectivity index (χ1n) is 14.6. The van der Waals surface area contributed by atoms with Gasteiger partial charge in [-0.05, 0) is 64.4 Å². The number of benzene rings is 6. The van der Waals surface area contributed by atoms with E-state index in [1.54, 1.807) is 0 Å². The minimum absolute atomic E-state index is 0.576. The van der Waals surface area contributed by atoms with Gasteiger partial charge in [-0.15, -0.1) is 0 Å². The third-order valence-corrected chi connectivity index (χ3v) is 8.08. The Kier molecular flexibility index (Phi) is 6.24. The van der Waals surface area contributed by atoms with Crippen molar-refractivity contribution in [2.45, 2.75) is 0 Å². The molecule has 0 unspecified atom stereocenters. The number of hydrogen-bond donors (Lipinski definition) is 0. The molecule has 0 saturated carbocycles. The first kappa shape index (κ1) is 25.7. The third kappa shape index (κ3) is 4.41. The van der Waals surface area contributed by atoms with E-state index in [1.807, 2.05) is 77.8 Å². The molecule has 0 aliphatic carbocycles. The van der Waals surface area contributed by atoms with E-state index in [0.29, 0.717) is 5.95 Å². The molecule has 8 rings (SSSR count). The van der Waals surface area contributed by atoms with E-state index >= 15 is 0 Å². The minimum Gasteiger partial charge on any atom is -0.456 e. The largest absolute Gasteiger partial charge is 0.456 e. The highest BCUT2D eigenvalue weighted by Crippen LogP contribution is 2.40. The van der Waals surface area contributed by atoms with Crippen LogP contribution in [0.4, 0.5) is 11.6 Å². The summed E-state index contributed by atoms with van der Waals surface area (Å²) in [6, 6.07) is 45.5. The summed E-state index contributed by atoms with van der Waals surface area (Å²) in [6.45, 7) is 3.99. The Morgan fingerprint density at radius 1 is 0.614 bits per heavy atom. The molecule has 8 aromatic rings. The molecule has 0 fully saturated rings. The average Bonchev–Trinajstić information content (AvgIpc) is 3.45. The summed E-state index contributed by atoms with van der Waals surface area (Å²) in [7, 11) is 0. The second-order valence-electron chi connectivity index (χ2n) is 10.7. The van der Waals surface area contributed by atoms with Crippen LogP contribution < -0.4 is 4.90 Å². The van der Waals surface area contributed by atoms with Gasteiger partial charge in [-0.2, -0.15) is 0 Å². The fourth-order valence-electron chi connectivity index (χ4n) is 5.95. The van der Waals surface area contributed by atoms with Crippen LogP contribution in [0.5, 0.6) is 0 Å². The smallest absolute Gasteiger partial charge is 0.235 e. The zero-order valence-corrected chi connectivity index (χ0v) is 23.9. The Morgan fingerprint density at radius 3 is 2.18 bits per heavy atom. The molecule has 0 radical (unpaired) electrons. The maximum absolute atomic E-state index is 6.42. The number of furan rings is 1. The van der Waals surface area contributed by atoms with Crippen molar-refractivity contribution >= 4 is 67.4 Å². The number of aromatic nitrogens is 2. The highest BCUT2D eigenvalue weighted by molar-refractivity contribution is 6.17. The molecule has 2 aromatic heterocycles. The van der Waals surface area contributed by atoms with Gasteiger partial charge in [0.2, 0.25) is 5.95 Å². The van der Waals surface area contributed by atoms with Crippen molar-refractivity contribution in [2.24, 2.45) is 0 Å². The molecule has 44 heavy (non-hydrogen) atoms. The van der Waals surface area contributed by atoms with E-state index in [2.05, 4.69) is 85.5 Å².